The molecule has 1 rings (SSSR count). The van der Waals surface area contributed by atoms with Crippen LogP contribution < -0.4 is 11.5 Å². The summed E-state index contributed by atoms with van der Waals surface area (Å²) in [6.45, 7) is 0.230. The maximum atomic E-state index is 9.37. The van der Waals surface area contributed by atoms with Crippen molar-refractivity contribution in [3.05, 3.63) is 29.8 Å². The molecule has 0 radical (unpaired) electrons. The molecule has 0 fully saturated rings. The highest BCUT2D eigenvalue weighted by Gasteiger charge is 1.95. The smallest absolute Gasteiger partial charge is 0.404 e. The highest BCUT2D eigenvalue weighted by molar-refractivity contribution is 5.64. The van der Waals surface area contributed by atoms with Gasteiger partial charge in [0, 0.05) is 12.3 Å². The Kier molecular flexibility index (Phi) is 7.61. The van der Waals surface area contributed by atoms with Crippen LogP contribution in [-0.2, 0) is 11.2 Å². The molecule has 1 aromatic rings. The van der Waals surface area contributed by atoms with Gasteiger partial charge in [-0.2, -0.15) is 0 Å². The lowest BCUT2D eigenvalue weighted by atomic mass is 10.1. The number of aryl methyl sites for hydroxylation is 1. The van der Waals surface area contributed by atoms with Crippen molar-refractivity contribution in [2.75, 3.05) is 19.5 Å². The first-order valence-electron chi connectivity index (χ1n) is 4.89. The predicted octanol–water partition coefficient (Wildman–Crippen LogP) is 0.905. The number of primary amides is 1. The van der Waals surface area contributed by atoms with Gasteiger partial charge < -0.3 is 21.3 Å². The topological polar surface area (TPSA) is 98.6 Å². The molecule has 5 heteroatoms. The van der Waals surface area contributed by atoms with E-state index in [1.54, 1.807) is 0 Å². The summed E-state index contributed by atoms with van der Waals surface area (Å²) >= 11 is 0. The first-order valence-corrected chi connectivity index (χ1v) is 4.89. The largest absolute Gasteiger partial charge is 0.453 e. The van der Waals surface area contributed by atoms with Crippen LogP contribution >= 0.6 is 0 Å². The number of benzene rings is 1. The third-order valence-electron chi connectivity index (χ3n) is 1.86. The monoisotopic (exact) mass is 226 g/mol. The average molecular weight is 226 g/mol. The standard InChI is InChI=1S/C9H13NO.C2H5NO2/c10-9-6-2-1-4-8(9)5-3-7-11;1-5-2(3)4/h1-2,4,6,11H,3,5,7,10H2;1H3,(H2,3,4). The summed E-state index contributed by atoms with van der Waals surface area (Å²) < 4.78 is 3.89. The highest BCUT2D eigenvalue weighted by Crippen LogP contribution is 2.11. The third kappa shape index (κ3) is 6.67. The number of rotatable bonds is 3. The number of ether oxygens (including phenoxy) is 1. The molecule has 0 aliphatic carbocycles. The molecule has 0 saturated heterocycles. The summed E-state index contributed by atoms with van der Waals surface area (Å²) in [5.74, 6) is 0. The van der Waals surface area contributed by atoms with Gasteiger partial charge in [-0.1, -0.05) is 18.2 Å². The van der Waals surface area contributed by atoms with Crippen LogP contribution in [0.1, 0.15) is 12.0 Å². The van der Waals surface area contributed by atoms with Gasteiger partial charge in [0.05, 0.1) is 7.11 Å². The second kappa shape index (κ2) is 8.55. The van der Waals surface area contributed by atoms with Gasteiger partial charge in [0.1, 0.15) is 0 Å². The Balaban J connectivity index is 0.000000385. The number of amides is 1. The average Bonchev–Trinajstić information content (AvgIpc) is 2.29. The maximum Gasteiger partial charge on any atom is 0.404 e. The van der Waals surface area contributed by atoms with Crippen LogP contribution in [0.25, 0.3) is 0 Å². The van der Waals surface area contributed by atoms with E-state index < -0.39 is 6.09 Å². The molecule has 0 aliphatic heterocycles. The fourth-order valence-electron chi connectivity index (χ4n) is 1.03. The molecule has 0 spiro atoms. The number of nitrogen functional groups attached to an aromatic ring is 1. The van der Waals surface area contributed by atoms with Crippen LogP contribution in [0, 0.1) is 0 Å². The van der Waals surface area contributed by atoms with E-state index in [-0.39, 0.29) is 6.61 Å². The zero-order valence-electron chi connectivity index (χ0n) is 9.35. The number of nitrogens with two attached hydrogens (primary N) is 2. The molecular weight excluding hydrogens is 208 g/mol. The minimum absolute atomic E-state index is 0.230. The second-order valence-corrected chi connectivity index (χ2v) is 3.05. The van der Waals surface area contributed by atoms with Crippen molar-refractivity contribution in [2.45, 2.75) is 12.8 Å². The van der Waals surface area contributed by atoms with Gasteiger partial charge in [0.15, 0.2) is 0 Å². The Labute approximate surface area is 95.0 Å². The predicted molar refractivity (Wildman–Crippen MR) is 62.9 cm³/mol. The number of carbonyl (C=O) groups excluding carboxylic acids is 1. The van der Waals surface area contributed by atoms with Crippen LogP contribution in [-0.4, -0.2) is 24.9 Å². The first-order chi connectivity index (χ1) is 7.61. The zero-order chi connectivity index (χ0) is 12.4. The van der Waals surface area contributed by atoms with Gasteiger partial charge >= 0.3 is 6.09 Å². The van der Waals surface area contributed by atoms with Crippen LogP contribution in [0.5, 0.6) is 0 Å². The van der Waals surface area contributed by atoms with Crippen molar-refractivity contribution in [2.24, 2.45) is 5.73 Å². The van der Waals surface area contributed by atoms with Crippen molar-refractivity contribution in [3.8, 4) is 0 Å². The second-order valence-electron chi connectivity index (χ2n) is 3.05. The Morgan fingerprint density at radius 2 is 2.00 bits per heavy atom. The molecule has 0 heterocycles. The van der Waals surface area contributed by atoms with E-state index >= 15 is 0 Å². The fourth-order valence-corrected chi connectivity index (χ4v) is 1.03. The maximum absolute atomic E-state index is 9.37. The van der Waals surface area contributed by atoms with Crippen LogP contribution in [0.4, 0.5) is 10.5 Å². The van der Waals surface area contributed by atoms with Gasteiger partial charge in [0.2, 0.25) is 0 Å². The molecule has 1 amide bonds. The molecule has 5 nitrogen and oxygen atoms in total. The zero-order valence-corrected chi connectivity index (χ0v) is 9.35. The Morgan fingerprint density at radius 1 is 1.44 bits per heavy atom. The Morgan fingerprint density at radius 3 is 2.44 bits per heavy atom. The van der Waals surface area contributed by atoms with E-state index in [1.807, 2.05) is 24.3 Å². The number of hydrogen-bond donors (Lipinski definition) is 3. The van der Waals surface area contributed by atoms with E-state index in [1.165, 1.54) is 7.11 Å². The number of methoxy groups -OCH3 is 1. The van der Waals surface area contributed by atoms with Crippen molar-refractivity contribution in [1.29, 1.82) is 0 Å². The van der Waals surface area contributed by atoms with Gasteiger partial charge in [-0.15, -0.1) is 0 Å². The van der Waals surface area contributed by atoms with Gasteiger partial charge in [0.25, 0.3) is 0 Å². The van der Waals surface area contributed by atoms with E-state index in [4.69, 9.17) is 10.8 Å². The number of aliphatic hydroxyl groups is 1. The lowest BCUT2D eigenvalue weighted by molar-refractivity contribution is 0.182. The van der Waals surface area contributed by atoms with Crippen molar-refractivity contribution >= 4 is 11.8 Å². The Bertz CT molecular complexity index is 316. The summed E-state index contributed by atoms with van der Waals surface area (Å²) in [5, 5.41) is 8.58. The summed E-state index contributed by atoms with van der Waals surface area (Å²) in [6.07, 6.45) is 0.905. The van der Waals surface area contributed by atoms with Gasteiger partial charge in [-0.25, -0.2) is 4.79 Å². The summed E-state index contributed by atoms with van der Waals surface area (Å²) in [6, 6.07) is 7.75. The number of aliphatic hydroxyl groups excluding tert-OH is 1. The summed E-state index contributed by atoms with van der Waals surface area (Å²) in [5.41, 5.74) is 12.1. The van der Waals surface area contributed by atoms with E-state index in [0.717, 1.165) is 24.1 Å². The Hall–Kier alpha value is -1.75. The van der Waals surface area contributed by atoms with Crippen molar-refractivity contribution in [3.63, 3.8) is 0 Å². The van der Waals surface area contributed by atoms with E-state index in [9.17, 15) is 4.79 Å². The number of carbonyl (C=O) groups is 1. The SMILES string of the molecule is COC(N)=O.Nc1ccccc1CCCO. The van der Waals surface area contributed by atoms with E-state index in [0.29, 0.717) is 0 Å². The molecule has 0 aliphatic rings. The number of para-hydroxylation sites is 1. The van der Waals surface area contributed by atoms with Crippen molar-refractivity contribution < 1.29 is 14.6 Å². The highest BCUT2D eigenvalue weighted by atomic mass is 16.5. The molecule has 1 aromatic carbocycles. The lowest BCUT2D eigenvalue weighted by Gasteiger charge is -2.02. The molecule has 5 N–H and O–H groups in total. The normalized spacial score (nSPS) is 8.88. The van der Waals surface area contributed by atoms with Crippen molar-refractivity contribution in [1.82, 2.24) is 0 Å². The molecular formula is C11H18N2O3. The molecule has 0 bridgehead atoms. The molecule has 0 unspecified atom stereocenters. The van der Waals surface area contributed by atoms with Crippen LogP contribution in [0.2, 0.25) is 0 Å². The van der Waals surface area contributed by atoms with Gasteiger partial charge in [-0.05, 0) is 24.5 Å². The molecule has 0 atom stereocenters. The third-order valence-corrected chi connectivity index (χ3v) is 1.86. The molecule has 90 valence electrons. The lowest BCUT2D eigenvalue weighted by Crippen LogP contribution is -2.08. The summed E-state index contributed by atoms with van der Waals surface area (Å²) in [7, 11) is 1.22. The minimum Gasteiger partial charge on any atom is -0.453 e. The number of hydrogen-bond acceptors (Lipinski definition) is 4. The van der Waals surface area contributed by atoms with Crippen LogP contribution in [0.3, 0.4) is 0 Å². The summed E-state index contributed by atoms with van der Waals surface area (Å²) in [4.78, 5) is 9.37. The molecule has 16 heavy (non-hydrogen) atoms. The van der Waals surface area contributed by atoms with Crippen LogP contribution in [0.15, 0.2) is 24.3 Å². The fraction of sp³-hybridized carbons (Fsp3) is 0.364. The molecule has 0 saturated carbocycles. The number of anilines is 1. The first kappa shape index (κ1) is 14.2. The van der Waals surface area contributed by atoms with E-state index in [2.05, 4.69) is 10.5 Å². The minimum atomic E-state index is -0.745. The quantitative estimate of drug-likeness (QED) is 0.667. The van der Waals surface area contributed by atoms with Gasteiger partial charge in [-0.3, -0.25) is 0 Å². The molecule has 0 aromatic heterocycles.